The second-order valence-electron chi connectivity index (χ2n) is 4.10. The van der Waals surface area contributed by atoms with Crippen molar-refractivity contribution < 1.29 is 4.92 Å². The number of nitrogens with zero attached hydrogens (tertiary/aromatic N) is 2. The van der Waals surface area contributed by atoms with E-state index in [1.54, 1.807) is 24.4 Å². The fourth-order valence-corrected chi connectivity index (χ4v) is 1.76. The highest BCUT2D eigenvalue weighted by molar-refractivity contribution is 6.33. The molecule has 0 aliphatic rings. The van der Waals surface area contributed by atoms with Gasteiger partial charge < -0.3 is 0 Å². The van der Waals surface area contributed by atoms with Gasteiger partial charge in [-0.2, -0.15) is 0 Å². The average molecular weight is 299 g/mol. The second-order valence-corrected chi connectivity index (χ2v) is 4.50. The van der Waals surface area contributed by atoms with Crippen molar-refractivity contribution in [3.05, 3.63) is 74.8 Å². The van der Waals surface area contributed by atoms with Gasteiger partial charge in [-0.3, -0.25) is 15.1 Å². The lowest BCUT2D eigenvalue weighted by molar-refractivity contribution is -0.384. The molecular weight excluding hydrogens is 288 g/mol. The molecule has 2 rings (SSSR count). The fourth-order valence-electron chi connectivity index (χ4n) is 1.58. The van der Waals surface area contributed by atoms with E-state index in [0.717, 1.165) is 5.56 Å². The van der Waals surface area contributed by atoms with Crippen molar-refractivity contribution in [1.82, 2.24) is 0 Å². The topological polar surface area (TPSA) is 55.5 Å². The Bertz CT molecular complexity index is 728. The number of aliphatic imine (C=N–C) groups is 1. The van der Waals surface area contributed by atoms with Gasteiger partial charge in [0.05, 0.1) is 4.92 Å². The largest absolute Gasteiger partial charge is 0.280 e. The summed E-state index contributed by atoms with van der Waals surface area (Å²) in [7, 11) is 0. The Kier molecular flexibility index (Phi) is 5.08. The number of non-ortho nitro benzene ring substituents is 1. The maximum absolute atomic E-state index is 10.5. The minimum absolute atomic E-state index is 0.0530. The molecule has 0 bridgehead atoms. The quantitative estimate of drug-likeness (QED) is 0.375. The van der Waals surface area contributed by atoms with Crippen LogP contribution in [0.25, 0.3) is 0 Å². The molecule has 0 N–H and O–H groups in total. The minimum Gasteiger partial charge on any atom is -0.280 e. The van der Waals surface area contributed by atoms with Gasteiger partial charge in [-0.15, -0.1) is 0 Å². The van der Waals surface area contributed by atoms with Crippen LogP contribution in [0, 0.1) is 22.0 Å². The van der Waals surface area contributed by atoms with Gasteiger partial charge in [0.1, 0.15) is 6.54 Å². The first-order valence-electron chi connectivity index (χ1n) is 6.14. The lowest BCUT2D eigenvalue weighted by Gasteiger charge is -1.94. The Balaban J connectivity index is 1.95. The molecule has 0 amide bonds. The SMILES string of the molecule is O=[N+]([O-])c1ccc(C#CCN=Cc2ccccc2Cl)cc1. The Morgan fingerprint density at radius 1 is 1.19 bits per heavy atom. The maximum atomic E-state index is 10.5. The van der Waals surface area contributed by atoms with Gasteiger partial charge in [-0.1, -0.05) is 41.6 Å². The van der Waals surface area contributed by atoms with Crippen LogP contribution >= 0.6 is 11.6 Å². The molecular formula is C16H11ClN2O2. The number of nitro benzene ring substituents is 1. The van der Waals surface area contributed by atoms with E-state index in [1.807, 2.05) is 18.2 Å². The number of nitro groups is 1. The highest BCUT2D eigenvalue weighted by Gasteiger charge is 2.01. The molecule has 0 heterocycles. The average Bonchev–Trinajstić information content (AvgIpc) is 2.49. The van der Waals surface area contributed by atoms with Crippen LogP contribution in [0.2, 0.25) is 5.02 Å². The summed E-state index contributed by atoms with van der Waals surface area (Å²) < 4.78 is 0. The summed E-state index contributed by atoms with van der Waals surface area (Å²) in [6, 6.07) is 13.5. The van der Waals surface area contributed by atoms with E-state index in [0.29, 0.717) is 17.1 Å². The van der Waals surface area contributed by atoms with Crippen LogP contribution in [0.15, 0.2) is 53.5 Å². The molecule has 5 heteroatoms. The van der Waals surface area contributed by atoms with Crippen molar-refractivity contribution in [3.8, 4) is 11.8 Å². The number of benzene rings is 2. The third-order valence-electron chi connectivity index (χ3n) is 2.62. The van der Waals surface area contributed by atoms with Crippen molar-refractivity contribution in [2.24, 2.45) is 4.99 Å². The molecule has 0 atom stereocenters. The van der Waals surface area contributed by atoms with Gasteiger partial charge in [0.25, 0.3) is 5.69 Å². The molecule has 2 aromatic rings. The Morgan fingerprint density at radius 2 is 1.90 bits per heavy atom. The normalized spacial score (nSPS) is 10.1. The first kappa shape index (κ1) is 14.8. The van der Waals surface area contributed by atoms with Crippen molar-refractivity contribution in [1.29, 1.82) is 0 Å². The summed E-state index contributed by atoms with van der Waals surface area (Å²) in [5.74, 6) is 5.77. The summed E-state index contributed by atoms with van der Waals surface area (Å²) in [5.41, 5.74) is 1.61. The number of hydrogen-bond acceptors (Lipinski definition) is 3. The molecule has 0 aliphatic heterocycles. The van der Waals surface area contributed by atoms with E-state index in [-0.39, 0.29) is 5.69 Å². The fraction of sp³-hybridized carbons (Fsp3) is 0.0625. The molecule has 0 saturated heterocycles. The molecule has 2 aromatic carbocycles. The summed E-state index contributed by atoms with van der Waals surface area (Å²) in [5, 5.41) is 11.2. The van der Waals surface area contributed by atoms with Gasteiger partial charge >= 0.3 is 0 Å². The molecule has 104 valence electrons. The van der Waals surface area contributed by atoms with E-state index in [9.17, 15) is 10.1 Å². The Hall–Kier alpha value is -2.64. The van der Waals surface area contributed by atoms with Crippen LogP contribution in [-0.4, -0.2) is 17.7 Å². The van der Waals surface area contributed by atoms with Crippen molar-refractivity contribution in [3.63, 3.8) is 0 Å². The zero-order valence-corrected chi connectivity index (χ0v) is 11.7. The first-order chi connectivity index (χ1) is 10.2. The van der Waals surface area contributed by atoms with Crippen LogP contribution in [-0.2, 0) is 0 Å². The van der Waals surface area contributed by atoms with Crippen LogP contribution in [0.3, 0.4) is 0 Å². The third-order valence-corrected chi connectivity index (χ3v) is 2.96. The lowest BCUT2D eigenvalue weighted by Crippen LogP contribution is -1.87. The molecule has 0 radical (unpaired) electrons. The zero-order chi connectivity index (χ0) is 15.1. The van der Waals surface area contributed by atoms with Crippen LogP contribution in [0.5, 0.6) is 0 Å². The van der Waals surface area contributed by atoms with Crippen molar-refractivity contribution in [2.75, 3.05) is 6.54 Å². The number of hydrogen-bond donors (Lipinski definition) is 0. The zero-order valence-electron chi connectivity index (χ0n) is 11.0. The van der Waals surface area contributed by atoms with Crippen molar-refractivity contribution >= 4 is 23.5 Å². The molecule has 0 aromatic heterocycles. The van der Waals surface area contributed by atoms with Gasteiger partial charge in [0.2, 0.25) is 0 Å². The maximum Gasteiger partial charge on any atom is 0.269 e. The monoisotopic (exact) mass is 298 g/mol. The molecule has 0 saturated carbocycles. The second kappa shape index (κ2) is 7.22. The van der Waals surface area contributed by atoms with E-state index >= 15 is 0 Å². The molecule has 0 unspecified atom stereocenters. The third kappa shape index (κ3) is 4.44. The van der Waals surface area contributed by atoms with E-state index in [2.05, 4.69) is 16.8 Å². The first-order valence-corrected chi connectivity index (χ1v) is 6.52. The lowest BCUT2D eigenvalue weighted by atomic mass is 10.2. The minimum atomic E-state index is -0.439. The molecule has 4 nitrogen and oxygen atoms in total. The van der Waals surface area contributed by atoms with Crippen LogP contribution in [0.4, 0.5) is 5.69 Å². The summed E-state index contributed by atoms with van der Waals surface area (Å²) >= 11 is 5.99. The Labute approximate surface area is 127 Å². The Morgan fingerprint density at radius 3 is 2.57 bits per heavy atom. The summed E-state index contributed by atoms with van der Waals surface area (Å²) in [4.78, 5) is 14.2. The highest BCUT2D eigenvalue weighted by Crippen LogP contribution is 2.12. The van der Waals surface area contributed by atoms with E-state index in [1.165, 1.54) is 12.1 Å². The molecule has 0 spiro atoms. The predicted octanol–water partition coefficient (Wildman–Crippen LogP) is 3.72. The van der Waals surface area contributed by atoms with Crippen LogP contribution < -0.4 is 0 Å². The van der Waals surface area contributed by atoms with Crippen molar-refractivity contribution in [2.45, 2.75) is 0 Å². The summed E-state index contributed by atoms with van der Waals surface area (Å²) in [6.07, 6.45) is 1.67. The molecule has 0 fully saturated rings. The standard InChI is InChI=1S/C16H11ClN2O2/c17-16-6-2-1-5-14(16)12-18-11-3-4-13-7-9-15(10-8-13)19(20)21/h1-2,5-10,12H,11H2. The number of halogens is 1. The molecule has 21 heavy (non-hydrogen) atoms. The molecule has 0 aliphatic carbocycles. The van der Waals surface area contributed by atoms with Gasteiger partial charge in [-0.25, -0.2) is 0 Å². The smallest absolute Gasteiger partial charge is 0.269 e. The van der Waals surface area contributed by atoms with Crippen LogP contribution in [0.1, 0.15) is 11.1 Å². The summed E-state index contributed by atoms with van der Waals surface area (Å²) in [6.45, 7) is 0.336. The number of rotatable bonds is 3. The van der Waals surface area contributed by atoms with Gasteiger partial charge in [0, 0.05) is 34.5 Å². The van der Waals surface area contributed by atoms with E-state index in [4.69, 9.17) is 11.6 Å². The van der Waals surface area contributed by atoms with Gasteiger partial charge in [-0.05, 0) is 18.2 Å². The predicted molar refractivity (Wildman–Crippen MR) is 83.9 cm³/mol. The van der Waals surface area contributed by atoms with E-state index < -0.39 is 4.92 Å². The highest BCUT2D eigenvalue weighted by atomic mass is 35.5. The van der Waals surface area contributed by atoms with Gasteiger partial charge in [0.15, 0.2) is 0 Å².